The fourth-order valence-corrected chi connectivity index (χ4v) is 3.89. The van der Waals surface area contributed by atoms with Crippen molar-refractivity contribution in [2.75, 3.05) is 0 Å². The molecule has 0 radical (unpaired) electrons. The Kier molecular flexibility index (Phi) is 3.85. The number of para-hydroxylation sites is 1. The summed E-state index contributed by atoms with van der Waals surface area (Å²) in [6, 6.07) is 17.9. The molecule has 27 heavy (non-hydrogen) atoms. The largest absolute Gasteiger partial charge is 0.457 e. The van der Waals surface area contributed by atoms with Crippen molar-refractivity contribution in [3.8, 4) is 11.5 Å². The van der Waals surface area contributed by atoms with Crippen LogP contribution in [0.25, 0.3) is 5.70 Å². The van der Waals surface area contributed by atoms with Gasteiger partial charge in [-0.3, -0.25) is 0 Å². The lowest BCUT2D eigenvalue weighted by molar-refractivity contribution is 0.164. The molecule has 1 atom stereocenters. The average Bonchev–Trinajstić information content (AvgIpc) is 3.02. The van der Waals surface area contributed by atoms with Crippen LogP contribution in [-0.4, -0.2) is 16.9 Å². The maximum absolute atomic E-state index is 6.26. The van der Waals surface area contributed by atoms with Crippen molar-refractivity contribution in [1.82, 2.24) is 10.2 Å². The number of aliphatic imine (C=N–C) groups is 1. The lowest BCUT2D eigenvalue weighted by atomic mass is 9.82. The van der Waals surface area contributed by atoms with Gasteiger partial charge in [-0.15, -0.1) is 0 Å². The number of fused-ring (bicyclic) bond motifs is 1. The van der Waals surface area contributed by atoms with Crippen LogP contribution in [0.15, 0.2) is 77.7 Å². The number of hydrogen-bond donors (Lipinski definition) is 2. The van der Waals surface area contributed by atoms with E-state index in [1.807, 2.05) is 48.7 Å². The minimum atomic E-state index is 0.243. The van der Waals surface area contributed by atoms with Crippen molar-refractivity contribution in [2.24, 2.45) is 16.6 Å². The third-order valence-electron chi connectivity index (χ3n) is 5.47. The number of hydrogen-bond acceptors (Lipinski definition) is 5. The Balaban J connectivity index is 1.49. The van der Waals surface area contributed by atoms with Crippen molar-refractivity contribution in [1.29, 1.82) is 0 Å². The summed E-state index contributed by atoms with van der Waals surface area (Å²) >= 11 is 0. The molecule has 2 aliphatic heterocycles. The third kappa shape index (κ3) is 2.85. The van der Waals surface area contributed by atoms with Gasteiger partial charge in [0.25, 0.3) is 0 Å². The summed E-state index contributed by atoms with van der Waals surface area (Å²) in [5, 5.41) is 3.71. The number of ether oxygens (including phenoxy) is 1. The van der Waals surface area contributed by atoms with Crippen molar-refractivity contribution >= 4 is 11.5 Å². The van der Waals surface area contributed by atoms with Crippen LogP contribution in [0.3, 0.4) is 0 Å². The minimum absolute atomic E-state index is 0.243. The van der Waals surface area contributed by atoms with E-state index in [9.17, 15) is 0 Å². The Morgan fingerprint density at radius 2 is 1.85 bits per heavy atom. The van der Waals surface area contributed by atoms with E-state index in [0.717, 1.165) is 28.5 Å². The van der Waals surface area contributed by atoms with Gasteiger partial charge >= 0.3 is 0 Å². The van der Waals surface area contributed by atoms with Gasteiger partial charge in [0.1, 0.15) is 29.2 Å². The zero-order valence-electron chi connectivity index (χ0n) is 15.0. The molecule has 1 unspecified atom stereocenters. The summed E-state index contributed by atoms with van der Waals surface area (Å²) in [5.41, 5.74) is 9.30. The molecule has 0 saturated heterocycles. The van der Waals surface area contributed by atoms with Crippen LogP contribution >= 0.6 is 0 Å². The molecule has 3 aliphatic rings. The van der Waals surface area contributed by atoms with E-state index in [1.54, 1.807) is 6.20 Å². The van der Waals surface area contributed by atoms with Crippen LogP contribution in [0.2, 0.25) is 0 Å². The van der Waals surface area contributed by atoms with Gasteiger partial charge in [-0.05, 0) is 43.0 Å². The Labute approximate surface area is 158 Å². The van der Waals surface area contributed by atoms with Crippen LogP contribution < -0.4 is 15.8 Å². The molecule has 2 heterocycles. The summed E-state index contributed by atoms with van der Waals surface area (Å²) in [4.78, 5) is 6.56. The Hall–Kier alpha value is -3.21. The zero-order chi connectivity index (χ0) is 18.2. The number of amidine groups is 1. The average molecular weight is 358 g/mol. The summed E-state index contributed by atoms with van der Waals surface area (Å²) in [7, 11) is 0. The fourth-order valence-electron chi connectivity index (χ4n) is 3.89. The monoisotopic (exact) mass is 358 g/mol. The van der Waals surface area contributed by atoms with Crippen molar-refractivity contribution in [2.45, 2.75) is 25.4 Å². The molecule has 5 nitrogen and oxygen atoms in total. The molecule has 2 aromatic rings. The fraction of sp³-hybridized carbons (Fsp3) is 0.227. The van der Waals surface area contributed by atoms with E-state index in [-0.39, 0.29) is 6.17 Å². The Bertz CT molecular complexity index is 944. The van der Waals surface area contributed by atoms with Crippen LogP contribution in [0.5, 0.6) is 11.5 Å². The lowest BCUT2D eigenvalue weighted by Crippen LogP contribution is -2.45. The lowest BCUT2D eigenvalue weighted by Gasteiger charge is -2.37. The number of nitrogens with two attached hydrogens (primary N) is 1. The maximum Gasteiger partial charge on any atom is 0.149 e. The molecule has 136 valence electrons. The smallest absolute Gasteiger partial charge is 0.149 e. The van der Waals surface area contributed by atoms with E-state index in [0.29, 0.717) is 11.8 Å². The van der Waals surface area contributed by atoms with E-state index in [4.69, 9.17) is 10.5 Å². The van der Waals surface area contributed by atoms with Gasteiger partial charge in [0, 0.05) is 18.0 Å². The van der Waals surface area contributed by atoms with Crippen LogP contribution in [0.1, 0.15) is 24.8 Å². The number of benzene rings is 2. The second kappa shape index (κ2) is 6.50. The van der Waals surface area contributed by atoms with E-state index < -0.39 is 0 Å². The Morgan fingerprint density at radius 1 is 1.04 bits per heavy atom. The minimum Gasteiger partial charge on any atom is -0.457 e. The third-order valence-corrected chi connectivity index (χ3v) is 5.47. The highest BCUT2D eigenvalue weighted by molar-refractivity contribution is 6.05. The van der Waals surface area contributed by atoms with E-state index in [2.05, 4.69) is 27.3 Å². The SMILES string of the molecule is NC1=NC=CN2C1=C(c1cccc(Oc3ccccc3)c1)NC2C1CCC1. The van der Waals surface area contributed by atoms with Crippen LogP contribution in [-0.2, 0) is 0 Å². The normalized spacial score (nSPS) is 21.4. The molecule has 5 rings (SSSR count). The van der Waals surface area contributed by atoms with Gasteiger partial charge < -0.3 is 20.7 Å². The highest BCUT2D eigenvalue weighted by atomic mass is 16.5. The first-order valence-corrected chi connectivity index (χ1v) is 9.42. The van der Waals surface area contributed by atoms with Gasteiger partial charge in [-0.25, -0.2) is 4.99 Å². The predicted molar refractivity (Wildman–Crippen MR) is 107 cm³/mol. The zero-order valence-corrected chi connectivity index (χ0v) is 15.0. The molecular formula is C22H22N4O. The molecule has 0 bridgehead atoms. The topological polar surface area (TPSA) is 62.9 Å². The molecule has 0 spiro atoms. The molecule has 1 aliphatic carbocycles. The van der Waals surface area contributed by atoms with Crippen LogP contribution in [0, 0.1) is 5.92 Å². The summed E-state index contributed by atoms with van der Waals surface area (Å²) < 4.78 is 6.01. The van der Waals surface area contributed by atoms with Crippen molar-refractivity contribution in [3.05, 3.63) is 78.3 Å². The molecule has 5 heteroatoms. The van der Waals surface area contributed by atoms with Gasteiger partial charge in [0.2, 0.25) is 0 Å². The van der Waals surface area contributed by atoms with Gasteiger partial charge in [-0.1, -0.05) is 36.8 Å². The van der Waals surface area contributed by atoms with Crippen LogP contribution in [0.4, 0.5) is 0 Å². The van der Waals surface area contributed by atoms with Gasteiger partial charge in [0.05, 0.1) is 5.70 Å². The number of rotatable bonds is 4. The van der Waals surface area contributed by atoms with Crippen molar-refractivity contribution < 1.29 is 4.74 Å². The number of nitrogens with one attached hydrogen (secondary N) is 1. The second-order valence-corrected chi connectivity index (χ2v) is 7.17. The molecule has 1 fully saturated rings. The highest BCUT2D eigenvalue weighted by Crippen LogP contribution is 2.40. The quantitative estimate of drug-likeness (QED) is 0.866. The van der Waals surface area contributed by atoms with E-state index in [1.165, 1.54) is 19.3 Å². The molecule has 2 aromatic carbocycles. The highest BCUT2D eigenvalue weighted by Gasteiger charge is 2.40. The molecule has 0 aromatic heterocycles. The van der Waals surface area contributed by atoms with E-state index >= 15 is 0 Å². The van der Waals surface area contributed by atoms with Gasteiger partial charge in [0.15, 0.2) is 0 Å². The Morgan fingerprint density at radius 3 is 2.63 bits per heavy atom. The standard InChI is InChI=1S/C22H22N4O/c23-21-20-19(25-22(15-6-4-7-15)26(20)13-12-24-21)16-8-5-11-18(14-16)27-17-9-2-1-3-10-17/h1-3,5,8-15,22,25H,4,6-7H2,(H2,23,24). The first kappa shape index (κ1) is 16.0. The molecular weight excluding hydrogens is 336 g/mol. The molecule has 0 amide bonds. The molecule has 3 N–H and O–H groups in total. The summed E-state index contributed by atoms with van der Waals surface area (Å²) in [6.45, 7) is 0. The predicted octanol–water partition coefficient (Wildman–Crippen LogP) is 4.02. The summed E-state index contributed by atoms with van der Waals surface area (Å²) in [6.07, 6.45) is 7.85. The summed E-state index contributed by atoms with van der Waals surface area (Å²) in [5.74, 6) is 2.81. The molecule has 1 saturated carbocycles. The first-order chi connectivity index (χ1) is 13.3. The first-order valence-electron chi connectivity index (χ1n) is 9.42. The van der Waals surface area contributed by atoms with Gasteiger partial charge in [-0.2, -0.15) is 0 Å². The number of nitrogens with zero attached hydrogens (tertiary/aromatic N) is 2. The second-order valence-electron chi connectivity index (χ2n) is 7.17. The van der Waals surface area contributed by atoms with Crippen molar-refractivity contribution in [3.63, 3.8) is 0 Å². The maximum atomic E-state index is 6.26.